The third kappa shape index (κ3) is 3.42. The Balaban J connectivity index is 2.39. The third-order valence-electron chi connectivity index (χ3n) is 2.20. The number of carbonyl (C=O) groups excluding carboxylic acids is 1. The van der Waals surface area contributed by atoms with Crippen molar-refractivity contribution in [2.45, 2.75) is 23.8 Å². The Morgan fingerprint density at radius 1 is 1.64 bits per heavy atom. The Hall–Kier alpha value is -0.360. The van der Waals surface area contributed by atoms with Crippen LogP contribution >= 0.6 is 11.8 Å². The number of likely N-dealkylation sites (tertiary alicyclic amines) is 1. The quantitative estimate of drug-likeness (QED) is 0.774. The molecule has 1 atom stereocenters. The molecule has 1 saturated heterocycles. The van der Waals surface area contributed by atoms with Gasteiger partial charge in [0.25, 0.3) is 5.76 Å². The molecule has 1 fully saturated rings. The predicted octanol–water partition coefficient (Wildman–Crippen LogP) is 0.892. The average molecular weight is 224 g/mol. The topological polar surface area (TPSA) is 46.3 Å². The highest BCUT2D eigenvalue weighted by molar-refractivity contribution is 8.00. The minimum Gasteiger partial charge on any atom is -0.340 e. The van der Waals surface area contributed by atoms with Gasteiger partial charge < -0.3 is 10.6 Å². The van der Waals surface area contributed by atoms with Crippen LogP contribution < -0.4 is 5.73 Å². The molecule has 0 aliphatic carbocycles. The Bertz CT molecular complexity index is 204. The number of amides is 1. The summed E-state index contributed by atoms with van der Waals surface area (Å²) in [6.07, 6.45) is 1.54. The van der Waals surface area contributed by atoms with Gasteiger partial charge in [-0.3, -0.25) is 4.79 Å². The number of thioether (sulfide) groups is 1. The number of halogens is 2. The molecule has 1 rings (SSSR count). The highest BCUT2D eigenvalue weighted by Crippen LogP contribution is 2.27. The van der Waals surface area contributed by atoms with Gasteiger partial charge in [-0.05, 0) is 12.8 Å². The molecule has 1 aliphatic rings. The van der Waals surface area contributed by atoms with E-state index in [0.29, 0.717) is 24.9 Å². The van der Waals surface area contributed by atoms with Crippen LogP contribution in [0, 0.1) is 0 Å². The lowest BCUT2D eigenvalue weighted by Gasteiger charge is -2.31. The van der Waals surface area contributed by atoms with E-state index in [1.807, 2.05) is 0 Å². The van der Waals surface area contributed by atoms with Crippen LogP contribution in [0.3, 0.4) is 0 Å². The molecule has 0 aromatic heterocycles. The number of nitrogens with two attached hydrogens (primary N) is 1. The first kappa shape index (κ1) is 11.7. The predicted molar refractivity (Wildman–Crippen MR) is 52.3 cm³/mol. The Kier molecular flexibility index (Phi) is 4.60. The van der Waals surface area contributed by atoms with Gasteiger partial charge >= 0.3 is 0 Å². The zero-order chi connectivity index (χ0) is 10.6. The van der Waals surface area contributed by atoms with Crippen LogP contribution in [0.15, 0.2) is 0 Å². The molecule has 0 aromatic carbocycles. The first-order valence-corrected chi connectivity index (χ1v) is 5.49. The Morgan fingerprint density at radius 3 is 2.93 bits per heavy atom. The van der Waals surface area contributed by atoms with Gasteiger partial charge in [0, 0.05) is 18.3 Å². The second kappa shape index (κ2) is 5.50. The van der Waals surface area contributed by atoms with E-state index in [1.165, 1.54) is 0 Å². The van der Waals surface area contributed by atoms with Crippen LogP contribution in [0.5, 0.6) is 0 Å². The molecule has 1 aliphatic heterocycles. The van der Waals surface area contributed by atoms with Crippen LogP contribution in [-0.2, 0) is 4.79 Å². The highest BCUT2D eigenvalue weighted by atomic mass is 32.2. The molecule has 1 amide bonds. The third-order valence-corrected chi connectivity index (χ3v) is 3.18. The number of alkyl halides is 2. The number of rotatable bonds is 3. The standard InChI is InChI=1S/C8H14F2N2OS/c9-8(10)14-6-2-1-3-12(5-6)7(13)4-11/h6,8H,1-5,11H2. The summed E-state index contributed by atoms with van der Waals surface area (Å²) in [4.78, 5) is 12.8. The summed E-state index contributed by atoms with van der Waals surface area (Å²) in [6.45, 7) is 1.02. The fraction of sp³-hybridized carbons (Fsp3) is 0.875. The largest absolute Gasteiger partial charge is 0.340 e. The zero-order valence-electron chi connectivity index (χ0n) is 7.79. The van der Waals surface area contributed by atoms with Gasteiger partial charge in [0.15, 0.2) is 0 Å². The van der Waals surface area contributed by atoms with Crippen molar-refractivity contribution in [2.75, 3.05) is 19.6 Å². The monoisotopic (exact) mass is 224 g/mol. The number of hydrogen-bond acceptors (Lipinski definition) is 3. The van der Waals surface area contributed by atoms with Crippen LogP contribution in [-0.4, -0.2) is 41.4 Å². The van der Waals surface area contributed by atoms with E-state index < -0.39 is 5.76 Å². The van der Waals surface area contributed by atoms with Crippen LogP contribution in [0.25, 0.3) is 0 Å². The first-order valence-electron chi connectivity index (χ1n) is 4.55. The summed E-state index contributed by atoms with van der Waals surface area (Å²) in [5.74, 6) is -2.50. The van der Waals surface area contributed by atoms with Crippen molar-refractivity contribution in [1.29, 1.82) is 0 Å². The van der Waals surface area contributed by atoms with Gasteiger partial charge in [-0.25, -0.2) is 0 Å². The van der Waals surface area contributed by atoms with Gasteiger partial charge in [-0.15, -0.1) is 0 Å². The SMILES string of the molecule is NCC(=O)N1CCCC(SC(F)F)C1. The van der Waals surface area contributed by atoms with E-state index in [9.17, 15) is 13.6 Å². The van der Waals surface area contributed by atoms with Crippen molar-refractivity contribution < 1.29 is 13.6 Å². The summed E-state index contributed by atoms with van der Waals surface area (Å²) < 4.78 is 24.1. The van der Waals surface area contributed by atoms with Gasteiger partial charge in [-0.2, -0.15) is 8.78 Å². The maximum atomic E-state index is 12.1. The molecule has 1 heterocycles. The molecule has 82 valence electrons. The lowest BCUT2D eigenvalue weighted by atomic mass is 10.1. The van der Waals surface area contributed by atoms with Crippen molar-refractivity contribution in [3.8, 4) is 0 Å². The Labute approximate surface area is 86.0 Å². The van der Waals surface area contributed by atoms with E-state index in [4.69, 9.17) is 5.73 Å². The number of carbonyl (C=O) groups is 1. The van der Waals surface area contributed by atoms with Gasteiger partial charge in [0.2, 0.25) is 5.91 Å². The molecular weight excluding hydrogens is 210 g/mol. The molecule has 0 saturated carbocycles. The molecule has 1 unspecified atom stereocenters. The van der Waals surface area contributed by atoms with Crippen molar-refractivity contribution >= 4 is 17.7 Å². The average Bonchev–Trinajstić information content (AvgIpc) is 2.16. The van der Waals surface area contributed by atoms with Crippen molar-refractivity contribution in [1.82, 2.24) is 4.90 Å². The highest BCUT2D eigenvalue weighted by Gasteiger charge is 2.25. The van der Waals surface area contributed by atoms with Crippen molar-refractivity contribution in [2.24, 2.45) is 5.73 Å². The molecule has 0 spiro atoms. The molecule has 3 nitrogen and oxygen atoms in total. The first-order chi connectivity index (χ1) is 6.63. The normalized spacial score (nSPS) is 22.9. The fourth-order valence-corrected chi connectivity index (χ4v) is 2.41. The van der Waals surface area contributed by atoms with Gasteiger partial charge in [0.05, 0.1) is 6.54 Å². The van der Waals surface area contributed by atoms with Crippen molar-refractivity contribution in [3.05, 3.63) is 0 Å². The van der Waals surface area contributed by atoms with E-state index in [0.717, 1.165) is 12.8 Å². The maximum absolute atomic E-state index is 12.1. The molecular formula is C8H14F2N2OS. The van der Waals surface area contributed by atoms with Gasteiger partial charge in [-0.1, -0.05) is 11.8 Å². The lowest BCUT2D eigenvalue weighted by Crippen LogP contribution is -2.44. The van der Waals surface area contributed by atoms with E-state index in [-0.39, 0.29) is 17.7 Å². The maximum Gasteiger partial charge on any atom is 0.284 e. The molecule has 2 N–H and O–H groups in total. The Morgan fingerprint density at radius 2 is 2.36 bits per heavy atom. The van der Waals surface area contributed by atoms with Crippen LogP contribution in [0.2, 0.25) is 0 Å². The summed E-state index contributed by atoms with van der Waals surface area (Å²) >= 11 is 0.639. The minimum atomic E-state index is -2.35. The second-order valence-corrected chi connectivity index (χ2v) is 4.50. The molecule has 0 aromatic rings. The van der Waals surface area contributed by atoms with Crippen LogP contribution in [0.1, 0.15) is 12.8 Å². The van der Waals surface area contributed by atoms with Crippen LogP contribution in [0.4, 0.5) is 8.78 Å². The molecule has 14 heavy (non-hydrogen) atoms. The summed E-state index contributed by atoms with van der Waals surface area (Å²) in [6, 6.07) is 0. The zero-order valence-corrected chi connectivity index (χ0v) is 8.60. The molecule has 6 heteroatoms. The summed E-state index contributed by atoms with van der Waals surface area (Å²) in [7, 11) is 0. The minimum absolute atomic E-state index is 0.0356. The smallest absolute Gasteiger partial charge is 0.284 e. The lowest BCUT2D eigenvalue weighted by molar-refractivity contribution is -0.130. The second-order valence-electron chi connectivity index (χ2n) is 3.20. The molecule has 0 bridgehead atoms. The van der Waals surface area contributed by atoms with E-state index in [2.05, 4.69) is 0 Å². The summed E-state index contributed by atoms with van der Waals surface area (Å²) in [5, 5.41) is -0.140. The van der Waals surface area contributed by atoms with Crippen molar-refractivity contribution in [3.63, 3.8) is 0 Å². The fourth-order valence-electron chi connectivity index (χ4n) is 1.55. The van der Waals surface area contributed by atoms with E-state index in [1.54, 1.807) is 4.90 Å². The number of nitrogens with zero attached hydrogens (tertiary/aromatic N) is 1. The number of hydrogen-bond donors (Lipinski definition) is 1. The molecule has 0 radical (unpaired) electrons. The van der Waals surface area contributed by atoms with E-state index >= 15 is 0 Å². The van der Waals surface area contributed by atoms with Gasteiger partial charge in [0.1, 0.15) is 0 Å². The summed E-state index contributed by atoms with van der Waals surface area (Å²) in [5.41, 5.74) is 5.20. The number of piperidine rings is 1.